The molecule has 0 radical (unpaired) electrons. The molecule has 0 fully saturated rings. The maximum absolute atomic E-state index is 10.9. The van der Waals surface area contributed by atoms with Crippen LogP contribution in [-0.2, 0) is 0 Å². The van der Waals surface area contributed by atoms with Crippen LogP contribution < -0.4 is 4.74 Å². The standard InChI is InChI=1S/C12H15IO2/c1-8(2)7-15-12-9(3)4-11(13)5-10(12)6-14/h4-6,8H,7H2,1-3H3. The number of ether oxygens (including phenoxy) is 1. The van der Waals surface area contributed by atoms with Crippen LogP contribution in [0.4, 0.5) is 0 Å². The summed E-state index contributed by atoms with van der Waals surface area (Å²) in [4.78, 5) is 10.9. The fourth-order valence-electron chi connectivity index (χ4n) is 1.29. The van der Waals surface area contributed by atoms with Gasteiger partial charge >= 0.3 is 0 Å². The molecule has 3 heteroatoms. The zero-order valence-electron chi connectivity index (χ0n) is 9.21. The molecule has 2 nitrogen and oxygen atoms in total. The summed E-state index contributed by atoms with van der Waals surface area (Å²) in [6, 6.07) is 3.86. The van der Waals surface area contributed by atoms with E-state index in [0.29, 0.717) is 18.1 Å². The average Bonchev–Trinajstić information content (AvgIpc) is 2.14. The van der Waals surface area contributed by atoms with Gasteiger partial charge in [0.25, 0.3) is 0 Å². The predicted molar refractivity (Wildman–Crippen MR) is 69.6 cm³/mol. The van der Waals surface area contributed by atoms with Crippen LogP contribution in [0.1, 0.15) is 29.8 Å². The van der Waals surface area contributed by atoms with Gasteiger partial charge in [0.2, 0.25) is 0 Å². The quantitative estimate of drug-likeness (QED) is 0.628. The van der Waals surface area contributed by atoms with Gasteiger partial charge in [-0.25, -0.2) is 0 Å². The van der Waals surface area contributed by atoms with Crippen molar-refractivity contribution in [3.05, 3.63) is 26.8 Å². The lowest BCUT2D eigenvalue weighted by Gasteiger charge is -2.13. The smallest absolute Gasteiger partial charge is 0.153 e. The van der Waals surface area contributed by atoms with Gasteiger partial charge in [-0.3, -0.25) is 4.79 Å². The first kappa shape index (κ1) is 12.5. The maximum atomic E-state index is 10.9. The third kappa shape index (κ3) is 3.48. The number of hydrogen-bond donors (Lipinski definition) is 0. The summed E-state index contributed by atoms with van der Waals surface area (Å²) in [5, 5.41) is 0. The Bertz CT molecular complexity index is 359. The van der Waals surface area contributed by atoms with Crippen molar-refractivity contribution in [1.29, 1.82) is 0 Å². The van der Waals surface area contributed by atoms with Gasteiger partial charge in [-0.15, -0.1) is 0 Å². The normalized spacial score (nSPS) is 10.5. The first-order valence-corrected chi connectivity index (χ1v) is 6.00. The molecule has 0 bridgehead atoms. The van der Waals surface area contributed by atoms with Crippen LogP contribution in [0.3, 0.4) is 0 Å². The molecule has 0 atom stereocenters. The van der Waals surface area contributed by atoms with Crippen LogP contribution in [0.5, 0.6) is 5.75 Å². The van der Waals surface area contributed by atoms with Gasteiger partial charge in [0, 0.05) is 3.57 Å². The first-order chi connectivity index (χ1) is 7.04. The van der Waals surface area contributed by atoms with E-state index in [1.54, 1.807) is 0 Å². The highest BCUT2D eigenvalue weighted by molar-refractivity contribution is 14.1. The number of aryl methyl sites for hydroxylation is 1. The Morgan fingerprint density at radius 1 is 1.47 bits per heavy atom. The van der Waals surface area contributed by atoms with E-state index in [4.69, 9.17) is 4.74 Å². The summed E-state index contributed by atoms with van der Waals surface area (Å²) >= 11 is 2.20. The van der Waals surface area contributed by atoms with E-state index in [1.807, 2.05) is 19.1 Å². The Morgan fingerprint density at radius 2 is 2.13 bits per heavy atom. The molecule has 0 N–H and O–H groups in total. The fourth-order valence-corrected chi connectivity index (χ4v) is 2.09. The molecule has 0 aliphatic carbocycles. The molecule has 0 saturated heterocycles. The first-order valence-electron chi connectivity index (χ1n) is 4.92. The minimum absolute atomic E-state index is 0.461. The van der Waals surface area contributed by atoms with Crippen molar-refractivity contribution in [2.75, 3.05) is 6.61 Å². The summed E-state index contributed by atoms with van der Waals surface area (Å²) in [5.41, 5.74) is 1.66. The summed E-state index contributed by atoms with van der Waals surface area (Å²) in [7, 11) is 0. The molecule has 0 unspecified atom stereocenters. The maximum Gasteiger partial charge on any atom is 0.153 e. The summed E-state index contributed by atoms with van der Waals surface area (Å²) in [5.74, 6) is 1.18. The van der Waals surface area contributed by atoms with E-state index in [-0.39, 0.29) is 0 Å². The molecule has 0 heterocycles. The van der Waals surface area contributed by atoms with Gasteiger partial charge in [0.05, 0.1) is 12.2 Å². The van der Waals surface area contributed by atoms with Gasteiger partial charge in [-0.1, -0.05) is 13.8 Å². The molecule has 0 aromatic heterocycles. The van der Waals surface area contributed by atoms with Crippen molar-refractivity contribution in [3.63, 3.8) is 0 Å². The van der Waals surface area contributed by atoms with Crippen LogP contribution in [0.15, 0.2) is 12.1 Å². The van der Waals surface area contributed by atoms with E-state index in [1.165, 1.54) is 0 Å². The van der Waals surface area contributed by atoms with E-state index in [0.717, 1.165) is 21.2 Å². The van der Waals surface area contributed by atoms with Gasteiger partial charge in [0.15, 0.2) is 6.29 Å². The van der Waals surface area contributed by atoms with Crippen molar-refractivity contribution < 1.29 is 9.53 Å². The Balaban J connectivity index is 2.99. The molecule has 0 aliphatic heterocycles. The van der Waals surface area contributed by atoms with Crippen molar-refractivity contribution >= 4 is 28.9 Å². The molecular weight excluding hydrogens is 303 g/mol. The van der Waals surface area contributed by atoms with Gasteiger partial charge in [-0.05, 0) is 53.1 Å². The lowest BCUT2D eigenvalue weighted by molar-refractivity contribution is 0.111. The van der Waals surface area contributed by atoms with E-state index in [2.05, 4.69) is 36.4 Å². The van der Waals surface area contributed by atoms with Gasteiger partial charge in [0.1, 0.15) is 5.75 Å². The average molecular weight is 318 g/mol. The second-order valence-corrected chi connectivity index (χ2v) is 5.21. The number of benzene rings is 1. The lowest BCUT2D eigenvalue weighted by Crippen LogP contribution is -2.07. The Labute approximate surface area is 104 Å². The van der Waals surface area contributed by atoms with Crippen molar-refractivity contribution in [1.82, 2.24) is 0 Å². The lowest BCUT2D eigenvalue weighted by atomic mass is 10.1. The zero-order valence-corrected chi connectivity index (χ0v) is 11.4. The molecule has 1 aromatic carbocycles. The number of hydrogen-bond acceptors (Lipinski definition) is 2. The second kappa shape index (κ2) is 5.49. The number of rotatable bonds is 4. The molecule has 0 amide bonds. The minimum Gasteiger partial charge on any atom is -0.492 e. The van der Waals surface area contributed by atoms with Crippen LogP contribution in [0.2, 0.25) is 0 Å². The fraction of sp³-hybridized carbons (Fsp3) is 0.417. The summed E-state index contributed by atoms with van der Waals surface area (Å²) < 4.78 is 6.70. The van der Waals surface area contributed by atoms with Gasteiger partial charge in [-0.2, -0.15) is 0 Å². The third-order valence-corrected chi connectivity index (χ3v) is 2.58. The highest BCUT2D eigenvalue weighted by Crippen LogP contribution is 2.25. The number of carbonyl (C=O) groups excluding carboxylic acids is 1. The van der Waals surface area contributed by atoms with E-state index < -0.39 is 0 Å². The third-order valence-electron chi connectivity index (χ3n) is 1.96. The second-order valence-electron chi connectivity index (χ2n) is 3.96. The molecule has 82 valence electrons. The van der Waals surface area contributed by atoms with E-state index >= 15 is 0 Å². The van der Waals surface area contributed by atoms with Crippen molar-refractivity contribution in [2.45, 2.75) is 20.8 Å². The van der Waals surface area contributed by atoms with Crippen molar-refractivity contribution in [3.8, 4) is 5.75 Å². The number of halogens is 1. The van der Waals surface area contributed by atoms with Crippen molar-refractivity contribution in [2.24, 2.45) is 5.92 Å². The molecule has 15 heavy (non-hydrogen) atoms. The topological polar surface area (TPSA) is 26.3 Å². The van der Waals surface area contributed by atoms with Gasteiger partial charge < -0.3 is 4.74 Å². The minimum atomic E-state index is 0.461. The number of aldehydes is 1. The van der Waals surface area contributed by atoms with Crippen LogP contribution in [0.25, 0.3) is 0 Å². The summed E-state index contributed by atoms with van der Waals surface area (Å²) in [6.45, 7) is 6.78. The van der Waals surface area contributed by atoms with E-state index in [9.17, 15) is 4.79 Å². The SMILES string of the molecule is Cc1cc(I)cc(C=O)c1OCC(C)C. The Kier molecular flexibility index (Phi) is 4.57. The number of carbonyl (C=O) groups is 1. The Morgan fingerprint density at radius 3 is 2.67 bits per heavy atom. The summed E-state index contributed by atoms with van der Waals surface area (Å²) in [6.07, 6.45) is 0.852. The molecule has 1 aromatic rings. The molecular formula is C12H15IO2. The highest BCUT2D eigenvalue weighted by atomic mass is 127. The van der Waals surface area contributed by atoms with Crippen LogP contribution in [0, 0.1) is 16.4 Å². The monoisotopic (exact) mass is 318 g/mol. The highest BCUT2D eigenvalue weighted by Gasteiger charge is 2.08. The zero-order chi connectivity index (χ0) is 11.4. The Hall–Kier alpha value is -0.580. The largest absolute Gasteiger partial charge is 0.492 e. The predicted octanol–water partition coefficient (Wildman–Crippen LogP) is 3.45. The van der Waals surface area contributed by atoms with Crippen LogP contribution in [-0.4, -0.2) is 12.9 Å². The molecule has 0 aliphatic rings. The molecule has 1 rings (SSSR count). The molecule has 0 saturated carbocycles. The molecule has 0 spiro atoms. The van der Waals surface area contributed by atoms with Crippen LogP contribution >= 0.6 is 22.6 Å².